The highest BCUT2D eigenvalue weighted by Gasteiger charge is 2.60. The first-order chi connectivity index (χ1) is 16.1. The number of ether oxygens (including phenoxy) is 1. The maximum Gasteiger partial charge on any atom is 0.263 e. The van der Waals surface area contributed by atoms with Gasteiger partial charge in [-0.15, -0.1) is 0 Å². The van der Waals surface area contributed by atoms with Crippen molar-refractivity contribution < 1.29 is 30.8 Å². The number of aromatic nitrogens is 2. The number of halogens is 3. The summed E-state index contributed by atoms with van der Waals surface area (Å²) in [5.41, 5.74) is -0.0896. The van der Waals surface area contributed by atoms with Crippen LogP contribution in [0.1, 0.15) is 12.8 Å². The highest BCUT2D eigenvalue weighted by Crippen LogP contribution is 2.55. The lowest BCUT2D eigenvalue weighted by atomic mass is 9.94. The Kier molecular flexibility index (Phi) is 5.08. The van der Waals surface area contributed by atoms with E-state index in [9.17, 15) is 26.4 Å². The van der Waals surface area contributed by atoms with Crippen LogP contribution >= 0.6 is 0 Å². The Morgan fingerprint density at radius 3 is 2.65 bits per heavy atom. The maximum absolute atomic E-state index is 15.0. The van der Waals surface area contributed by atoms with Gasteiger partial charge in [-0.05, 0) is 35.9 Å². The summed E-state index contributed by atoms with van der Waals surface area (Å²) in [6.45, 7) is 0. The Balaban J connectivity index is 1.60. The Bertz CT molecular complexity index is 1510. The number of nitrogens with zero attached hydrogens (tertiary/aromatic N) is 2. The second-order valence-electron chi connectivity index (χ2n) is 8.07. The molecule has 2 atom stereocenters. The molecule has 1 fully saturated rings. The number of hydrogen-bond donors (Lipinski definition) is 1. The number of rotatable bonds is 6. The van der Waals surface area contributed by atoms with Crippen LogP contribution in [-0.4, -0.2) is 37.3 Å². The molecule has 12 heteroatoms. The summed E-state index contributed by atoms with van der Waals surface area (Å²) in [7, 11) is -2.70. The zero-order valence-electron chi connectivity index (χ0n) is 17.7. The molecule has 0 amide bonds. The normalized spacial score (nSPS) is 21.9. The second-order valence-corrected chi connectivity index (χ2v) is 9.75. The number of pyridine rings is 1. The van der Waals surface area contributed by atoms with Crippen molar-refractivity contribution in [2.45, 2.75) is 29.8 Å². The largest absolute Gasteiger partial charge is 0.495 e. The molecule has 1 saturated carbocycles. The van der Waals surface area contributed by atoms with E-state index < -0.39 is 40.0 Å². The molecule has 2 aromatic heterocycles. The van der Waals surface area contributed by atoms with Gasteiger partial charge in [-0.1, -0.05) is 5.16 Å². The SMILES string of the molecule is COC1=C(n2c(=O)ccc3cc(S(=O)(=O)Nc4ccon4)ccc32)CC(F)C([C@@H]2CC2(F)F)=C1. The summed E-state index contributed by atoms with van der Waals surface area (Å²) in [5, 5.41) is 3.89. The first-order valence-electron chi connectivity index (χ1n) is 10.2. The van der Waals surface area contributed by atoms with Gasteiger partial charge in [-0.3, -0.25) is 14.1 Å². The van der Waals surface area contributed by atoms with Crippen molar-refractivity contribution in [3.05, 3.63) is 70.4 Å². The maximum atomic E-state index is 15.0. The van der Waals surface area contributed by atoms with Crippen LogP contribution in [0.25, 0.3) is 16.6 Å². The third kappa shape index (κ3) is 3.77. The Hall–Kier alpha value is -3.54. The molecular formula is C22H18F3N3O5S. The summed E-state index contributed by atoms with van der Waals surface area (Å²) in [5.74, 6) is -4.01. The summed E-state index contributed by atoms with van der Waals surface area (Å²) in [6.07, 6.45) is -0.0138. The van der Waals surface area contributed by atoms with Crippen LogP contribution in [0.15, 0.2) is 74.3 Å². The highest BCUT2D eigenvalue weighted by molar-refractivity contribution is 7.92. The summed E-state index contributed by atoms with van der Waals surface area (Å²) in [4.78, 5) is 12.7. The predicted molar refractivity (Wildman–Crippen MR) is 116 cm³/mol. The van der Waals surface area contributed by atoms with E-state index in [1.807, 2.05) is 0 Å². The highest BCUT2D eigenvalue weighted by atomic mass is 32.2. The minimum absolute atomic E-state index is 0.0000149. The molecule has 8 nitrogen and oxygen atoms in total. The number of anilines is 1. The zero-order chi connectivity index (χ0) is 24.3. The van der Waals surface area contributed by atoms with Crippen LogP contribution in [0.2, 0.25) is 0 Å². The molecule has 1 unspecified atom stereocenters. The predicted octanol–water partition coefficient (Wildman–Crippen LogP) is 3.93. The van der Waals surface area contributed by atoms with E-state index in [0.29, 0.717) is 10.9 Å². The molecule has 1 N–H and O–H groups in total. The lowest BCUT2D eigenvalue weighted by molar-refractivity contribution is 0.102. The third-order valence-corrected chi connectivity index (χ3v) is 7.24. The van der Waals surface area contributed by atoms with Crippen molar-refractivity contribution >= 4 is 32.4 Å². The van der Waals surface area contributed by atoms with Gasteiger partial charge in [0, 0.05) is 30.4 Å². The van der Waals surface area contributed by atoms with Gasteiger partial charge in [0.1, 0.15) is 18.2 Å². The quantitative estimate of drug-likeness (QED) is 0.558. The molecule has 34 heavy (non-hydrogen) atoms. The van der Waals surface area contributed by atoms with E-state index in [1.165, 1.54) is 60.4 Å². The van der Waals surface area contributed by atoms with Gasteiger partial charge < -0.3 is 9.26 Å². The Morgan fingerprint density at radius 2 is 2.00 bits per heavy atom. The van der Waals surface area contributed by atoms with Crippen LogP contribution < -0.4 is 10.3 Å². The molecule has 2 aliphatic rings. The Morgan fingerprint density at radius 1 is 1.24 bits per heavy atom. The minimum atomic E-state index is -4.00. The van der Waals surface area contributed by atoms with E-state index in [4.69, 9.17) is 4.74 Å². The number of sulfonamides is 1. The first kappa shape index (κ1) is 22.3. The molecule has 0 radical (unpaired) electrons. The minimum Gasteiger partial charge on any atom is -0.495 e. The van der Waals surface area contributed by atoms with Gasteiger partial charge in [0.15, 0.2) is 5.82 Å². The molecule has 0 bridgehead atoms. The van der Waals surface area contributed by atoms with E-state index in [2.05, 4.69) is 14.4 Å². The van der Waals surface area contributed by atoms with Crippen LogP contribution in [-0.2, 0) is 14.8 Å². The first-order valence-corrected chi connectivity index (χ1v) is 11.7. The van der Waals surface area contributed by atoms with Crippen LogP contribution in [0.3, 0.4) is 0 Å². The number of allylic oxidation sites excluding steroid dienone is 3. The molecule has 2 aliphatic carbocycles. The standard InChI is InChI=1S/C22H18F3N3O5S/c1-32-19-9-14(15-11-22(15,24)25)16(23)10-18(19)28-17-4-3-13(8-12(17)2-5-21(28)29)34(30,31)27-20-6-7-33-26-20/h2-9,15-16H,10-11H2,1H3,(H,26,27)/t15-,16?/m0/s1. The fourth-order valence-electron chi connectivity index (χ4n) is 4.12. The van der Waals surface area contributed by atoms with Crippen molar-refractivity contribution in [1.82, 2.24) is 9.72 Å². The van der Waals surface area contributed by atoms with Crippen LogP contribution in [0.4, 0.5) is 19.0 Å². The smallest absolute Gasteiger partial charge is 0.263 e. The lowest BCUT2D eigenvalue weighted by Crippen LogP contribution is -2.25. The van der Waals surface area contributed by atoms with Crippen molar-refractivity contribution in [2.24, 2.45) is 5.92 Å². The molecule has 2 heterocycles. The summed E-state index contributed by atoms with van der Waals surface area (Å²) in [6, 6.07) is 8.04. The van der Waals surface area contributed by atoms with Gasteiger partial charge in [0.05, 0.1) is 29.1 Å². The Labute approximate surface area is 191 Å². The van der Waals surface area contributed by atoms with E-state index in [-0.39, 0.29) is 34.2 Å². The van der Waals surface area contributed by atoms with E-state index >= 15 is 0 Å². The van der Waals surface area contributed by atoms with Crippen molar-refractivity contribution in [3.8, 4) is 0 Å². The molecule has 1 aromatic carbocycles. The van der Waals surface area contributed by atoms with E-state index in [0.717, 1.165) is 0 Å². The van der Waals surface area contributed by atoms with Gasteiger partial charge >= 0.3 is 0 Å². The van der Waals surface area contributed by atoms with Gasteiger partial charge in [-0.2, -0.15) is 0 Å². The molecule has 5 rings (SSSR count). The zero-order valence-corrected chi connectivity index (χ0v) is 18.5. The molecule has 0 aliphatic heterocycles. The van der Waals surface area contributed by atoms with Crippen molar-refractivity contribution in [2.75, 3.05) is 11.8 Å². The third-order valence-electron chi connectivity index (χ3n) is 5.89. The number of methoxy groups -OCH3 is 1. The molecule has 0 spiro atoms. The lowest BCUT2D eigenvalue weighted by Gasteiger charge is -2.24. The van der Waals surface area contributed by atoms with Crippen molar-refractivity contribution in [1.29, 1.82) is 0 Å². The number of alkyl halides is 3. The van der Waals surface area contributed by atoms with E-state index in [1.54, 1.807) is 0 Å². The molecular weight excluding hydrogens is 475 g/mol. The molecule has 178 valence electrons. The topological polar surface area (TPSA) is 103 Å². The summed E-state index contributed by atoms with van der Waals surface area (Å²) < 4.78 is 80.9. The average Bonchev–Trinajstić information content (AvgIpc) is 3.15. The molecule has 0 saturated heterocycles. The van der Waals surface area contributed by atoms with Crippen LogP contribution in [0.5, 0.6) is 0 Å². The fourth-order valence-corrected chi connectivity index (χ4v) is 5.14. The van der Waals surface area contributed by atoms with Crippen LogP contribution in [0, 0.1) is 5.92 Å². The number of benzene rings is 1. The molecule has 3 aromatic rings. The second kappa shape index (κ2) is 7.76. The fraction of sp³-hybridized carbons (Fsp3) is 0.273. The number of fused-ring (bicyclic) bond motifs is 1. The summed E-state index contributed by atoms with van der Waals surface area (Å²) >= 11 is 0. The van der Waals surface area contributed by atoms with Crippen molar-refractivity contribution in [3.63, 3.8) is 0 Å². The number of nitrogens with one attached hydrogen (secondary N) is 1. The average molecular weight is 493 g/mol. The van der Waals surface area contributed by atoms with Gasteiger partial charge in [-0.25, -0.2) is 21.6 Å². The van der Waals surface area contributed by atoms with Gasteiger partial charge in [0.2, 0.25) is 0 Å². The number of hydrogen-bond acceptors (Lipinski definition) is 6. The van der Waals surface area contributed by atoms with Gasteiger partial charge in [0.25, 0.3) is 21.5 Å². The monoisotopic (exact) mass is 493 g/mol.